The third-order valence-electron chi connectivity index (χ3n) is 3.13. The molecule has 1 N–H and O–H groups in total. The average Bonchev–Trinajstić information content (AvgIpc) is 2.92. The molecule has 1 amide bonds. The lowest BCUT2D eigenvalue weighted by Gasteiger charge is -2.32. The van der Waals surface area contributed by atoms with Crippen molar-refractivity contribution in [2.45, 2.75) is 13.0 Å². The van der Waals surface area contributed by atoms with Crippen molar-refractivity contribution < 1.29 is 23.8 Å². The fraction of sp³-hybridized carbons (Fsp3) is 0.214. The predicted octanol–water partition coefficient (Wildman–Crippen LogP) is 1.48. The molecule has 108 valence electrons. The highest BCUT2D eigenvalue weighted by Crippen LogP contribution is 2.34. The summed E-state index contributed by atoms with van der Waals surface area (Å²) < 4.78 is 10.4. The third kappa shape index (κ3) is 2.33. The summed E-state index contributed by atoms with van der Waals surface area (Å²) >= 11 is 0. The lowest BCUT2D eigenvalue weighted by molar-refractivity contribution is -0.144. The highest BCUT2D eigenvalue weighted by molar-refractivity contribution is 6.06. The number of rotatable bonds is 2. The normalized spacial score (nSPS) is 17.0. The molecule has 1 aromatic carbocycles. The second kappa shape index (κ2) is 4.93. The molecule has 2 heterocycles. The van der Waals surface area contributed by atoms with Crippen LogP contribution in [-0.4, -0.2) is 34.6 Å². The fourth-order valence-corrected chi connectivity index (χ4v) is 2.16. The van der Waals surface area contributed by atoms with Crippen molar-refractivity contribution in [3.05, 3.63) is 42.1 Å². The maximum Gasteiger partial charge on any atom is 0.346 e. The van der Waals surface area contributed by atoms with Gasteiger partial charge in [0.1, 0.15) is 12.0 Å². The first-order chi connectivity index (χ1) is 10.1. The molecule has 1 atom stereocenters. The molecule has 0 aliphatic carbocycles. The minimum Gasteiger partial charge on any atom is -0.478 e. The quantitative estimate of drug-likeness (QED) is 0.899. The van der Waals surface area contributed by atoms with Gasteiger partial charge in [-0.25, -0.2) is 9.78 Å². The van der Waals surface area contributed by atoms with E-state index in [2.05, 4.69) is 4.98 Å². The Labute approximate surface area is 119 Å². The molecule has 2 aromatic rings. The Kier molecular flexibility index (Phi) is 3.09. The van der Waals surface area contributed by atoms with E-state index >= 15 is 0 Å². The SMILES string of the molecule is Cc1nc(C(=O)N2C[C@@H](C(=O)O)Oc3ccccc32)co1. The number of hydrogen-bond acceptors (Lipinski definition) is 5. The van der Waals surface area contributed by atoms with E-state index in [0.717, 1.165) is 0 Å². The molecule has 7 heteroatoms. The Bertz CT molecular complexity index is 709. The molecule has 0 saturated carbocycles. The van der Waals surface area contributed by atoms with Gasteiger partial charge in [-0.15, -0.1) is 0 Å². The van der Waals surface area contributed by atoms with Gasteiger partial charge in [0.15, 0.2) is 11.6 Å². The van der Waals surface area contributed by atoms with Gasteiger partial charge in [0, 0.05) is 6.92 Å². The van der Waals surface area contributed by atoms with Crippen LogP contribution < -0.4 is 9.64 Å². The summed E-state index contributed by atoms with van der Waals surface area (Å²) in [6, 6.07) is 6.78. The molecule has 0 spiro atoms. The van der Waals surface area contributed by atoms with Gasteiger partial charge in [-0.2, -0.15) is 0 Å². The average molecular weight is 288 g/mol. The number of carboxylic acid groups (broad SMARTS) is 1. The minimum absolute atomic E-state index is 0.0862. The molecule has 0 fully saturated rings. The van der Waals surface area contributed by atoms with Gasteiger partial charge in [-0.1, -0.05) is 12.1 Å². The highest BCUT2D eigenvalue weighted by atomic mass is 16.5. The Morgan fingerprint density at radius 2 is 2.14 bits per heavy atom. The topological polar surface area (TPSA) is 92.9 Å². The van der Waals surface area contributed by atoms with E-state index in [1.165, 1.54) is 11.2 Å². The van der Waals surface area contributed by atoms with Gasteiger partial charge in [-0.05, 0) is 12.1 Å². The molecule has 3 rings (SSSR count). The number of para-hydroxylation sites is 2. The van der Waals surface area contributed by atoms with E-state index in [-0.39, 0.29) is 12.2 Å². The van der Waals surface area contributed by atoms with Crippen molar-refractivity contribution in [1.82, 2.24) is 4.98 Å². The monoisotopic (exact) mass is 288 g/mol. The summed E-state index contributed by atoms with van der Waals surface area (Å²) in [5.74, 6) is -0.827. The van der Waals surface area contributed by atoms with Crippen LogP contribution in [0.15, 0.2) is 34.9 Å². The van der Waals surface area contributed by atoms with Crippen molar-refractivity contribution >= 4 is 17.6 Å². The number of nitrogens with zero attached hydrogens (tertiary/aromatic N) is 2. The lowest BCUT2D eigenvalue weighted by Crippen LogP contribution is -2.47. The second-order valence-electron chi connectivity index (χ2n) is 4.58. The first kappa shape index (κ1) is 13.2. The zero-order chi connectivity index (χ0) is 15.0. The number of amides is 1. The number of benzene rings is 1. The smallest absolute Gasteiger partial charge is 0.346 e. The van der Waals surface area contributed by atoms with E-state index < -0.39 is 18.0 Å². The van der Waals surface area contributed by atoms with Gasteiger partial charge in [-0.3, -0.25) is 9.69 Å². The lowest BCUT2D eigenvalue weighted by atomic mass is 10.1. The van der Waals surface area contributed by atoms with E-state index in [4.69, 9.17) is 14.3 Å². The summed E-state index contributed by atoms with van der Waals surface area (Å²) in [6.45, 7) is 1.54. The van der Waals surface area contributed by atoms with Crippen molar-refractivity contribution in [2.75, 3.05) is 11.4 Å². The van der Waals surface area contributed by atoms with Crippen LogP contribution in [0.3, 0.4) is 0 Å². The molecule has 1 aliphatic rings. The molecule has 0 saturated heterocycles. The Morgan fingerprint density at radius 3 is 2.81 bits per heavy atom. The molecule has 21 heavy (non-hydrogen) atoms. The number of carbonyl (C=O) groups excluding carboxylic acids is 1. The van der Waals surface area contributed by atoms with Crippen LogP contribution in [0.2, 0.25) is 0 Å². The van der Waals surface area contributed by atoms with E-state index in [0.29, 0.717) is 17.3 Å². The molecule has 0 radical (unpaired) electrons. The third-order valence-corrected chi connectivity index (χ3v) is 3.13. The first-order valence-electron chi connectivity index (χ1n) is 6.29. The number of ether oxygens (including phenoxy) is 1. The van der Waals surface area contributed by atoms with Crippen LogP contribution in [0.25, 0.3) is 0 Å². The largest absolute Gasteiger partial charge is 0.478 e. The zero-order valence-electron chi connectivity index (χ0n) is 11.1. The van der Waals surface area contributed by atoms with Crippen molar-refractivity contribution in [3.63, 3.8) is 0 Å². The molecule has 1 aromatic heterocycles. The second-order valence-corrected chi connectivity index (χ2v) is 4.58. The number of aliphatic carboxylic acids is 1. The molecule has 7 nitrogen and oxygen atoms in total. The van der Waals surface area contributed by atoms with Crippen LogP contribution in [-0.2, 0) is 4.79 Å². The Morgan fingerprint density at radius 1 is 1.38 bits per heavy atom. The number of aromatic nitrogens is 1. The summed E-state index contributed by atoms with van der Waals surface area (Å²) in [4.78, 5) is 29.0. The summed E-state index contributed by atoms with van der Waals surface area (Å²) in [5, 5.41) is 9.14. The number of hydrogen-bond donors (Lipinski definition) is 1. The minimum atomic E-state index is -1.13. The van der Waals surface area contributed by atoms with Crippen LogP contribution in [0.4, 0.5) is 5.69 Å². The summed E-state index contributed by atoms with van der Waals surface area (Å²) in [5.41, 5.74) is 0.647. The van der Waals surface area contributed by atoms with Crippen LogP contribution in [0.5, 0.6) is 5.75 Å². The fourth-order valence-electron chi connectivity index (χ4n) is 2.16. The van der Waals surface area contributed by atoms with Gasteiger partial charge < -0.3 is 14.3 Å². The molecule has 1 aliphatic heterocycles. The van der Waals surface area contributed by atoms with Crippen molar-refractivity contribution in [1.29, 1.82) is 0 Å². The van der Waals surface area contributed by atoms with E-state index in [1.807, 2.05) is 0 Å². The van der Waals surface area contributed by atoms with Gasteiger partial charge in [0.2, 0.25) is 6.10 Å². The van der Waals surface area contributed by atoms with Gasteiger partial charge in [0.05, 0.1) is 12.2 Å². The van der Waals surface area contributed by atoms with E-state index in [9.17, 15) is 9.59 Å². The first-order valence-corrected chi connectivity index (χ1v) is 6.29. The maximum atomic E-state index is 12.5. The van der Waals surface area contributed by atoms with Crippen LogP contribution in [0.1, 0.15) is 16.4 Å². The van der Waals surface area contributed by atoms with E-state index in [1.54, 1.807) is 31.2 Å². The van der Waals surface area contributed by atoms with Crippen molar-refractivity contribution in [2.24, 2.45) is 0 Å². The standard InChI is InChI=1S/C14H12N2O5/c1-8-15-9(7-20-8)13(17)16-6-12(14(18)19)21-11-5-3-2-4-10(11)16/h2-5,7,12H,6H2,1H3,(H,18,19)/t12-/m0/s1. The molecular weight excluding hydrogens is 276 g/mol. The highest BCUT2D eigenvalue weighted by Gasteiger charge is 2.34. The Balaban J connectivity index is 2.00. The zero-order valence-corrected chi connectivity index (χ0v) is 11.1. The maximum absolute atomic E-state index is 12.5. The number of fused-ring (bicyclic) bond motifs is 1. The molecule has 0 unspecified atom stereocenters. The number of anilines is 1. The Hall–Kier alpha value is -2.83. The summed E-state index contributed by atoms with van der Waals surface area (Å²) in [6.07, 6.45) is 0.141. The number of oxazole rings is 1. The number of aryl methyl sites for hydroxylation is 1. The van der Waals surface area contributed by atoms with Crippen LogP contribution >= 0.6 is 0 Å². The molecule has 0 bridgehead atoms. The van der Waals surface area contributed by atoms with Crippen molar-refractivity contribution in [3.8, 4) is 5.75 Å². The predicted molar refractivity (Wildman–Crippen MR) is 71.4 cm³/mol. The summed E-state index contributed by atoms with van der Waals surface area (Å²) in [7, 11) is 0. The number of carbonyl (C=O) groups is 2. The molecular formula is C14H12N2O5. The van der Waals surface area contributed by atoms with Gasteiger partial charge in [0.25, 0.3) is 5.91 Å². The number of carboxylic acids is 1. The van der Waals surface area contributed by atoms with Gasteiger partial charge >= 0.3 is 5.97 Å². The van der Waals surface area contributed by atoms with Crippen LogP contribution in [0, 0.1) is 6.92 Å².